The lowest BCUT2D eigenvalue weighted by molar-refractivity contribution is -0.131. The first-order chi connectivity index (χ1) is 7.11. The number of nitrogens with zero attached hydrogens (tertiary/aromatic N) is 2. The predicted molar refractivity (Wildman–Crippen MR) is 51.6 cm³/mol. The molecule has 0 saturated heterocycles. The van der Waals surface area contributed by atoms with Gasteiger partial charge in [-0.3, -0.25) is 4.90 Å². The molecule has 0 unspecified atom stereocenters. The summed E-state index contributed by atoms with van der Waals surface area (Å²) in [4.78, 5) is 26.4. The molecule has 7 heteroatoms. The monoisotopic (exact) mass is 226 g/mol. The number of carbonyl (C=O) groups is 2. The molecule has 2 heterocycles. The second-order valence-electron chi connectivity index (χ2n) is 2.82. The summed E-state index contributed by atoms with van der Waals surface area (Å²) < 4.78 is 0.699. The number of carboxylic acids is 1. The van der Waals surface area contributed by atoms with Gasteiger partial charge in [-0.15, -0.1) is 11.3 Å². The molecule has 0 aromatic carbocycles. The Hall–Kier alpha value is -1.89. The minimum atomic E-state index is -1.29. The number of aliphatic carboxylic acids is 1. The molecule has 0 radical (unpaired) electrons. The molecule has 1 aromatic rings. The first-order valence-corrected chi connectivity index (χ1v) is 4.87. The van der Waals surface area contributed by atoms with Gasteiger partial charge in [0.15, 0.2) is 5.70 Å². The normalized spacial score (nSPS) is 14.4. The van der Waals surface area contributed by atoms with E-state index in [1.807, 2.05) is 0 Å². The fourth-order valence-electron chi connectivity index (χ4n) is 1.36. The van der Waals surface area contributed by atoms with E-state index in [1.54, 1.807) is 6.08 Å². The molecular weight excluding hydrogens is 220 g/mol. The van der Waals surface area contributed by atoms with Crippen molar-refractivity contribution in [2.75, 3.05) is 6.54 Å². The van der Waals surface area contributed by atoms with Crippen LogP contribution in [0.15, 0.2) is 5.51 Å². The molecule has 1 aromatic heterocycles. The Morgan fingerprint density at radius 3 is 2.80 bits per heavy atom. The van der Waals surface area contributed by atoms with Crippen molar-refractivity contribution in [3.63, 3.8) is 0 Å². The van der Waals surface area contributed by atoms with Crippen LogP contribution < -0.4 is 9.88 Å². The van der Waals surface area contributed by atoms with Gasteiger partial charge >= 0.3 is 12.1 Å². The average Bonchev–Trinajstić information content (AvgIpc) is 2.62. The Morgan fingerprint density at radius 1 is 1.47 bits per heavy atom. The van der Waals surface area contributed by atoms with Gasteiger partial charge in [0.1, 0.15) is 5.35 Å². The highest BCUT2D eigenvalue weighted by Crippen LogP contribution is 2.07. The van der Waals surface area contributed by atoms with Gasteiger partial charge in [-0.05, 0) is 6.08 Å². The van der Waals surface area contributed by atoms with Crippen molar-refractivity contribution >= 4 is 35.2 Å². The minimum Gasteiger partial charge on any atom is -0.477 e. The molecule has 0 spiro atoms. The van der Waals surface area contributed by atoms with Crippen LogP contribution >= 0.6 is 11.3 Å². The van der Waals surface area contributed by atoms with Crippen LogP contribution in [0.4, 0.5) is 4.79 Å². The third kappa shape index (κ3) is 1.46. The number of rotatable bonds is 1. The lowest BCUT2D eigenvalue weighted by atomic mass is 10.3. The second-order valence-corrected chi connectivity index (χ2v) is 3.70. The first-order valence-electron chi connectivity index (χ1n) is 3.99. The fraction of sp³-hybridized carbons (Fsp3) is 0.125. The Morgan fingerprint density at radius 2 is 2.20 bits per heavy atom. The number of hydrogen-bond donors (Lipinski definition) is 2. The fourth-order valence-corrected chi connectivity index (χ4v) is 2.07. The Kier molecular flexibility index (Phi) is 2.16. The standard InChI is InChI=1S/C8H6N2O4S/c11-7(12)6-5-4(15-3-9-5)1-2-10(6)8(13)14/h1,3H,2H2,(H,11,12)(H,13,14). The van der Waals surface area contributed by atoms with E-state index < -0.39 is 12.1 Å². The lowest BCUT2D eigenvalue weighted by Crippen LogP contribution is -2.44. The maximum absolute atomic E-state index is 10.9. The van der Waals surface area contributed by atoms with Crippen molar-refractivity contribution in [2.24, 2.45) is 0 Å². The van der Waals surface area contributed by atoms with E-state index in [1.165, 1.54) is 16.8 Å². The summed E-state index contributed by atoms with van der Waals surface area (Å²) in [6.45, 7) is 0.0478. The number of fused-ring (bicyclic) bond motifs is 1. The molecule has 0 saturated carbocycles. The van der Waals surface area contributed by atoms with Crippen LogP contribution in [-0.2, 0) is 4.79 Å². The van der Waals surface area contributed by atoms with E-state index in [-0.39, 0.29) is 17.6 Å². The SMILES string of the molecule is O=C(O)C1=c2ncsc2=CCN1C(=O)O. The Bertz CT molecular complexity index is 547. The lowest BCUT2D eigenvalue weighted by Gasteiger charge is -2.18. The molecule has 0 bridgehead atoms. The summed E-state index contributed by atoms with van der Waals surface area (Å²) in [5, 5.41) is 18.0. The summed E-state index contributed by atoms with van der Waals surface area (Å²) in [6.07, 6.45) is 0.357. The Balaban J connectivity index is 2.75. The number of amides is 1. The summed E-state index contributed by atoms with van der Waals surface area (Å²) >= 11 is 1.29. The Labute approximate surface area is 87.4 Å². The maximum atomic E-state index is 10.9. The average molecular weight is 226 g/mol. The van der Waals surface area contributed by atoms with Crippen LogP contribution in [0, 0.1) is 0 Å². The van der Waals surface area contributed by atoms with Gasteiger partial charge in [-0.2, -0.15) is 0 Å². The van der Waals surface area contributed by atoms with Crippen molar-refractivity contribution in [3.05, 3.63) is 15.4 Å². The van der Waals surface area contributed by atoms with Crippen LogP contribution in [0.3, 0.4) is 0 Å². The highest BCUT2D eigenvalue weighted by Gasteiger charge is 2.26. The second kappa shape index (κ2) is 3.35. The van der Waals surface area contributed by atoms with Crippen LogP contribution in [0.2, 0.25) is 0 Å². The third-order valence-electron chi connectivity index (χ3n) is 1.98. The summed E-state index contributed by atoms with van der Waals surface area (Å²) in [5.74, 6) is -1.28. The van der Waals surface area contributed by atoms with Crippen LogP contribution in [0.1, 0.15) is 0 Å². The highest BCUT2D eigenvalue weighted by atomic mass is 32.1. The van der Waals surface area contributed by atoms with Crippen LogP contribution in [-0.4, -0.2) is 38.7 Å². The number of carboxylic acid groups (broad SMARTS) is 2. The summed E-state index contributed by atoms with van der Waals surface area (Å²) in [6, 6.07) is 0. The highest BCUT2D eigenvalue weighted by molar-refractivity contribution is 7.07. The molecule has 1 amide bonds. The van der Waals surface area contributed by atoms with Gasteiger partial charge in [0, 0.05) is 6.54 Å². The van der Waals surface area contributed by atoms with Gasteiger partial charge in [0.2, 0.25) is 0 Å². The van der Waals surface area contributed by atoms with Crippen LogP contribution in [0.5, 0.6) is 0 Å². The molecule has 1 aliphatic heterocycles. The van der Waals surface area contributed by atoms with Crippen LogP contribution in [0.25, 0.3) is 11.8 Å². The third-order valence-corrected chi connectivity index (χ3v) is 2.81. The molecule has 0 aliphatic carbocycles. The van der Waals surface area contributed by atoms with E-state index in [2.05, 4.69) is 4.98 Å². The topological polar surface area (TPSA) is 90.7 Å². The first kappa shape index (κ1) is 9.66. The van der Waals surface area contributed by atoms with E-state index in [4.69, 9.17) is 10.2 Å². The smallest absolute Gasteiger partial charge is 0.412 e. The molecule has 0 atom stereocenters. The van der Waals surface area contributed by atoms with E-state index in [0.717, 1.165) is 4.90 Å². The number of hydrogen-bond acceptors (Lipinski definition) is 4. The van der Waals surface area contributed by atoms with Gasteiger partial charge in [0.25, 0.3) is 0 Å². The number of thiazole rings is 1. The minimum absolute atomic E-state index is 0.0478. The van der Waals surface area contributed by atoms with E-state index >= 15 is 0 Å². The number of aromatic nitrogens is 1. The molecule has 1 aliphatic rings. The van der Waals surface area contributed by atoms with Gasteiger partial charge < -0.3 is 10.2 Å². The van der Waals surface area contributed by atoms with Gasteiger partial charge in [0.05, 0.1) is 10.0 Å². The zero-order chi connectivity index (χ0) is 11.0. The van der Waals surface area contributed by atoms with Gasteiger partial charge in [-0.1, -0.05) is 0 Å². The van der Waals surface area contributed by atoms with E-state index in [0.29, 0.717) is 4.53 Å². The molecule has 6 nitrogen and oxygen atoms in total. The van der Waals surface area contributed by atoms with Crippen molar-refractivity contribution in [2.45, 2.75) is 0 Å². The summed E-state index contributed by atoms with van der Waals surface area (Å²) in [7, 11) is 0. The van der Waals surface area contributed by atoms with E-state index in [9.17, 15) is 9.59 Å². The van der Waals surface area contributed by atoms with Crippen molar-refractivity contribution in [3.8, 4) is 0 Å². The van der Waals surface area contributed by atoms with Crippen molar-refractivity contribution < 1.29 is 19.8 Å². The molecule has 2 N–H and O–H groups in total. The molecule has 2 rings (SSSR count). The molecule has 78 valence electrons. The largest absolute Gasteiger partial charge is 0.477 e. The quantitative estimate of drug-likeness (QED) is 0.648. The molecule has 0 fully saturated rings. The molecule has 15 heavy (non-hydrogen) atoms. The zero-order valence-electron chi connectivity index (χ0n) is 7.38. The summed E-state index contributed by atoms with van der Waals surface area (Å²) in [5.41, 5.74) is 1.22. The molecular formula is C8H6N2O4S. The predicted octanol–water partition coefficient (Wildman–Crippen LogP) is -0.890. The maximum Gasteiger partial charge on any atom is 0.412 e. The van der Waals surface area contributed by atoms with Crippen molar-refractivity contribution in [1.29, 1.82) is 0 Å². The van der Waals surface area contributed by atoms with Gasteiger partial charge in [-0.25, -0.2) is 14.6 Å². The van der Waals surface area contributed by atoms with Crippen molar-refractivity contribution in [1.82, 2.24) is 9.88 Å². The zero-order valence-corrected chi connectivity index (χ0v) is 8.19.